The van der Waals surface area contributed by atoms with E-state index in [1.165, 1.54) is 23.6 Å². The zero-order chi connectivity index (χ0) is 17.2. The largest absolute Gasteiger partial charge is 0.477 e. The Hall–Kier alpha value is -2.10. The molecule has 2 heterocycles. The van der Waals surface area contributed by atoms with E-state index >= 15 is 0 Å². The number of carboxylic acid groups (broad SMARTS) is 1. The van der Waals surface area contributed by atoms with Gasteiger partial charge in [0.15, 0.2) is 0 Å². The van der Waals surface area contributed by atoms with Gasteiger partial charge in [-0.1, -0.05) is 0 Å². The monoisotopic (exact) mass is 368 g/mol. The number of thiophene rings is 1. The summed E-state index contributed by atoms with van der Waals surface area (Å²) in [6.45, 7) is 2.83. The second-order valence-electron chi connectivity index (χ2n) is 5.17. The number of nitrogens with zero attached hydrogens (tertiary/aromatic N) is 1. The summed E-state index contributed by atoms with van der Waals surface area (Å²) in [4.78, 5) is 13.3. The van der Waals surface area contributed by atoms with Gasteiger partial charge >= 0.3 is 5.97 Å². The average Bonchev–Trinajstić information content (AvgIpc) is 3.03. The van der Waals surface area contributed by atoms with Crippen LogP contribution in [-0.4, -0.2) is 45.8 Å². The van der Waals surface area contributed by atoms with E-state index in [9.17, 15) is 13.2 Å². The Bertz CT molecular complexity index is 824. The Balaban J connectivity index is 1.79. The van der Waals surface area contributed by atoms with Crippen molar-refractivity contribution in [3.63, 3.8) is 0 Å². The van der Waals surface area contributed by atoms with Crippen molar-refractivity contribution >= 4 is 38.7 Å². The zero-order valence-corrected chi connectivity index (χ0v) is 14.3. The predicted octanol–water partition coefficient (Wildman–Crippen LogP) is 2.08. The summed E-state index contributed by atoms with van der Waals surface area (Å²) in [5.41, 5.74) is 1.00. The van der Waals surface area contributed by atoms with Gasteiger partial charge in [0.25, 0.3) is 10.0 Å². The molecule has 2 aromatic rings. The summed E-state index contributed by atoms with van der Waals surface area (Å²) in [5, 5.41) is 10.6. The fourth-order valence-electron chi connectivity index (χ4n) is 2.42. The number of ether oxygens (including phenoxy) is 1. The van der Waals surface area contributed by atoms with Crippen LogP contribution in [0.15, 0.2) is 40.6 Å². The number of morpholine rings is 1. The van der Waals surface area contributed by atoms with Crippen LogP contribution < -0.4 is 9.62 Å². The minimum atomic E-state index is -3.84. The number of sulfonamides is 1. The van der Waals surface area contributed by atoms with E-state index in [1.807, 2.05) is 0 Å². The van der Waals surface area contributed by atoms with Crippen LogP contribution >= 0.6 is 11.3 Å². The minimum absolute atomic E-state index is 0.0384. The highest BCUT2D eigenvalue weighted by Gasteiger charge is 2.20. The van der Waals surface area contributed by atoms with Crippen LogP contribution in [0.4, 0.5) is 11.4 Å². The van der Waals surface area contributed by atoms with Crippen LogP contribution in [0.5, 0.6) is 0 Å². The van der Waals surface area contributed by atoms with E-state index in [1.54, 1.807) is 12.1 Å². The number of rotatable bonds is 5. The van der Waals surface area contributed by atoms with Gasteiger partial charge in [0.2, 0.25) is 0 Å². The van der Waals surface area contributed by atoms with Crippen LogP contribution in [0, 0.1) is 0 Å². The summed E-state index contributed by atoms with van der Waals surface area (Å²) >= 11 is 0.970. The Morgan fingerprint density at radius 2 is 1.83 bits per heavy atom. The van der Waals surface area contributed by atoms with Gasteiger partial charge in [-0.3, -0.25) is 4.72 Å². The molecule has 1 aromatic heterocycles. The van der Waals surface area contributed by atoms with Gasteiger partial charge in [0.05, 0.1) is 23.8 Å². The molecule has 0 radical (unpaired) electrons. The molecular weight excluding hydrogens is 352 g/mol. The molecule has 0 saturated carbocycles. The lowest BCUT2D eigenvalue weighted by atomic mass is 10.2. The van der Waals surface area contributed by atoms with Crippen molar-refractivity contribution in [3.8, 4) is 0 Å². The maximum absolute atomic E-state index is 12.4. The summed E-state index contributed by atoms with van der Waals surface area (Å²) in [5.74, 6) is -1.16. The molecule has 1 aliphatic rings. The van der Waals surface area contributed by atoms with E-state index in [4.69, 9.17) is 9.84 Å². The molecule has 24 heavy (non-hydrogen) atoms. The van der Waals surface area contributed by atoms with Gasteiger partial charge in [-0.2, -0.15) is 0 Å². The molecule has 1 aromatic carbocycles. The van der Waals surface area contributed by atoms with Crippen molar-refractivity contribution in [2.24, 2.45) is 0 Å². The summed E-state index contributed by atoms with van der Waals surface area (Å²) in [6.07, 6.45) is 0. The van der Waals surface area contributed by atoms with Gasteiger partial charge in [-0.15, -0.1) is 11.3 Å². The molecule has 0 bridgehead atoms. The van der Waals surface area contributed by atoms with E-state index in [0.29, 0.717) is 13.2 Å². The maximum atomic E-state index is 12.4. The minimum Gasteiger partial charge on any atom is -0.477 e. The quantitative estimate of drug-likeness (QED) is 0.839. The SMILES string of the molecule is O=C(O)c1sccc1NS(=O)(=O)c1ccc(N2CCOCC2)cc1. The number of carbonyl (C=O) groups is 1. The number of nitrogens with one attached hydrogen (secondary N) is 1. The first-order chi connectivity index (χ1) is 11.5. The van der Waals surface area contributed by atoms with Crippen LogP contribution in [0.3, 0.4) is 0 Å². The summed E-state index contributed by atoms with van der Waals surface area (Å²) in [6, 6.07) is 7.95. The molecule has 1 fully saturated rings. The normalized spacial score (nSPS) is 15.2. The zero-order valence-electron chi connectivity index (χ0n) is 12.6. The predicted molar refractivity (Wildman–Crippen MR) is 91.6 cm³/mol. The molecule has 3 rings (SSSR count). The van der Waals surface area contributed by atoms with Gasteiger partial charge in [-0.05, 0) is 35.7 Å². The lowest BCUT2D eigenvalue weighted by Crippen LogP contribution is -2.36. The van der Waals surface area contributed by atoms with Gasteiger partial charge in [-0.25, -0.2) is 13.2 Å². The topological polar surface area (TPSA) is 95.9 Å². The number of hydrogen-bond donors (Lipinski definition) is 2. The molecule has 0 amide bonds. The van der Waals surface area contributed by atoms with E-state index in [-0.39, 0.29) is 15.5 Å². The van der Waals surface area contributed by atoms with Crippen molar-refractivity contribution in [1.29, 1.82) is 0 Å². The number of benzene rings is 1. The second-order valence-corrected chi connectivity index (χ2v) is 7.77. The number of hydrogen-bond acceptors (Lipinski definition) is 6. The van der Waals surface area contributed by atoms with Crippen molar-refractivity contribution in [2.75, 3.05) is 35.9 Å². The number of aromatic carboxylic acids is 1. The lowest BCUT2D eigenvalue weighted by Gasteiger charge is -2.28. The summed E-state index contributed by atoms with van der Waals surface area (Å²) < 4.78 is 32.5. The van der Waals surface area contributed by atoms with Crippen LogP contribution in [0.1, 0.15) is 9.67 Å². The molecule has 9 heteroatoms. The Morgan fingerprint density at radius 1 is 1.17 bits per heavy atom. The molecule has 2 N–H and O–H groups in total. The first-order valence-corrected chi connectivity index (χ1v) is 9.60. The van der Waals surface area contributed by atoms with Crippen LogP contribution in [0.2, 0.25) is 0 Å². The first kappa shape index (κ1) is 16.7. The van der Waals surface area contributed by atoms with Gasteiger partial charge in [0, 0.05) is 18.8 Å². The molecule has 128 valence electrons. The second kappa shape index (κ2) is 6.80. The molecular formula is C15H16N2O5S2. The van der Waals surface area contributed by atoms with Crippen molar-refractivity contribution < 1.29 is 23.1 Å². The highest BCUT2D eigenvalue weighted by molar-refractivity contribution is 7.92. The summed E-state index contributed by atoms with van der Waals surface area (Å²) in [7, 11) is -3.84. The maximum Gasteiger partial charge on any atom is 0.348 e. The van der Waals surface area contributed by atoms with Crippen LogP contribution in [0.25, 0.3) is 0 Å². The molecule has 0 unspecified atom stereocenters. The molecule has 0 atom stereocenters. The molecule has 0 spiro atoms. The standard InChI is InChI=1S/C15H16N2O5S2/c18-15(19)14-13(5-10-23-14)16-24(20,21)12-3-1-11(2-4-12)17-6-8-22-9-7-17/h1-5,10,16H,6-9H2,(H,18,19). The van der Waals surface area contributed by atoms with Gasteiger partial charge < -0.3 is 14.7 Å². The molecule has 0 aliphatic carbocycles. The Labute approximate surface area is 143 Å². The molecule has 1 aliphatic heterocycles. The Kier molecular flexibility index (Phi) is 4.74. The lowest BCUT2D eigenvalue weighted by molar-refractivity contribution is 0.0703. The van der Waals surface area contributed by atoms with Crippen molar-refractivity contribution in [1.82, 2.24) is 0 Å². The van der Waals surface area contributed by atoms with E-state index in [2.05, 4.69) is 9.62 Å². The third-order valence-electron chi connectivity index (χ3n) is 3.63. The highest BCUT2D eigenvalue weighted by Crippen LogP contribution is 2.26. The number of carboxylic acids is 1. The third-order valence-corrected chi connectivity index (χ3v) is 5.91. The smallest absolute Gasteiger partial charge is 0.348 e. The third kappa shape index (κ3) is 3.53. The highest BCUT2D eigenvalue weighted by atomic mass is 32.2. The molecule has 1 saturated heterocycles. The van der Waals surface area contributed by atoms with E-state index < -0.39 is 16.0 Å². The van der Waals surface area contributed by atoms with Crippen molar-refractivity contribution in [3.05, 3.63) is 40.6 Å². The first-order valence-electron chi connectivity index (χ1n) is 7.24. The fraction of sp³-hybridized carbons (Fsp3) is 0.267. The molecule has 7 nitrogen and oxygen atoms in total. The fourth-order valence-corrected chi connectivity index (χ4v) is 4.24. The average molecular weight is 368 g/mol. The van der Waals surface area contributed by atoms with E-state index in [0.717, 1.165) is 30.1 Å². The Morgan fingerprint density at radius 3 is 2.46 bits per heavy atom. The van der Waals surface area contributed by atoms with Crippen LogP contribution in [-0.2, 0) is 14.8 Å². The number of anilines is 2. The van der Waals surface area contributed by atoms with Crippen molar-refractivity contribution in [2.45, 2.75) is 4.90 Å². The van der Waals surface area contributed by atoms with Gasteiger partial charge in [0.1, 0.15) is 4.88 Å².